The maximum absolute atomic E-state index is 13.2. The number of carbonyl (C=O) groups excluding carboxylic acids is 1. The average molecular weight is 354 g/mol. The number of hydrogen-bond acceptors (Lipinski definition) is 6. The third-order valence-corrected chi connectivity index (χ3v) is 5.30. The predicted octanol–water partition coefficient (Wildman–Crippen LogP) is 3.71. The van der Waals surface area contributed by atoms with Gasteiger partial charge in [-0.05, 0) is 49.8 Å². The molecule has 0 N–H and O–H groups in total. The lowest BCUT2D eigenvalue weighted by Gasteiger charge is -2.17. The van der Waals surface area contributed by atoms with Crippen molar-refractivity contribution in [3.63, 3.8) is 0 Å². The summed E-state index contributed by atoms with van der Waals surface area (Å²) in [5.41, 5.74) is 2.16. The molecule has 4 rings (SSSR count). The molecule has 7 heteroatoms. The fourth-order valence-electron chi connectivity index (χ4n) is 2.98. The van der Waals surface area contributed by atoms with Gasteiger partial charge in [-0.15, -0.1) is 11.8 Å². The zero-order chi connectivity index (χ0) is 17.4. The van der Waals surface area contributed by atoms with Crippen molar-refractivity contribution in [2.24, 2.45) is 0 Å². The molecule has 6 nitrogen and oxygen atoms in total. The van der Waals surface area contributed by atoms with E-state index in [-0.39, 0.29) is 11.8 Å². The van der Waals surface area contributed by atoms with Crippen LogP contribution in [0.4, 0.5) is 0 Å². The largest absolute Gasteiger partial charge is 0.360 e. The van der Waals surface area contributed by atoms with E-state index in [2.05, 4.69) is 21.3 Å². The Bertz CT molecular complexity index is 900. The molecular weight excluding hydrogens is 336 g/mol. The highest BCUT2D eigenvalue weighted by Crippen LogP contribution is 2.42. The molecule has 25 heavy (non-hydrogen) atoms. The lowest BCUT2D eigenvalue weighted by Crippen LogP contribution is -2.14. The standard InChI is InChI=1S/C18H18N4O2S/c1-11(22-10-19-9-20-22)15-7-13(25-2)5-6-14(15)17(23)16-8-21-24-18(16)12-3-4-12/h5-12H,3-4H2,1-2H3. The van der Waals surface area contributed by atoms with Crippen LogP contribution < -0.4 is 0 Å². The second-order valence-electron chi connectivity index (χ2n) is 6.21. The van der Waals surface area contributed by atoms with Crippen LogP contribution in [0.5, 0.6) is 0 Å². The molecule has 1 aliphatic rings. The summed E-state index contributed by atoms with van der Waals surface area (Å²) < 4.78 is 7.10. The van der Waals surface area contributed by atoms with Gasteiger partial charge in [-0.3, -0.25) is 4.79 Å². The Hall–Kier alpha value is -2.41. The smallest absolute Gasteiger partial charge is 0.198 e. The summed E-state index contributed by atoms with van der Waals surface area (Å²) in [7, 11) is 0. The van der Waals surface area contributed by atoms with Gasteiger partial charge in [0.2, 0.25) is 0 Å². The first-order valence-corrected chi connectivity index (χ1v) is 9.43. The van der Waals surface area contributed by atoms with Crippen LogP contribution in [0.3, 0.4) is 0 Å². The van der Waals surface area contributed by atoms with Gasteiger partial charge >= 0.3 is 0 Å². The van der Waals surface area contributed by atoms with Crippen LogP contribution in [0.2, 0.25) is 0 Å². The van der Waals surface area contributed by atoms with Gasteiger partial charge in [0.05, 0.1) is 17.8 Å². The highest BCUT2D eigenvalue weighted by atomic mass is 32.2. The zero-order valence-corrected chi connectivity index (χ0v) is 14.9. The molecule has 0 spiro atoms. The molecule has 128 valence electrons. The summed E-state index contributed by atoms with van der Waals surface area (Å²) in [5, 5.41) is 8.08. The van der Waals surface area contributed by atoms with Gasteiger partial charge < -0.3 is 4.52 Å². The average Bonchev–Trinajstić information content (AvgIpc) is 3.14. The van der Waals surface area contributed by atoms with Crippen LogP contribution in [-0.4, -0.2) is 32.0 Å². The van der Waals surface area contributed by atoms with Crippen molar-refractivity contribution in [3.8, 4) is 0 Å². The maximum atomic E-state index is 13.2. The van der Waals surface area contributed by atoms with E-state index in [1.807, 2.05) is 25.3 Å². The molecule has 1 fully saturated rings. The lowest BCUT2D eigenvalue weighted by molar-refractivity contribution is 0.103. The number of nitrogens with zero attached hydrogens (tertiary/aromatic N) is 4. The van der Waals surface area contributed by atoms with Crippen molar-refractivity contribution < 1.29 is 9.32 Å². The molecule has 2 aromatic heterocycles. The molecule has 1 aliphatic carbocycles. The molecule has 0 aliphatic heterocycles. The Kier molecular flexibility index (Phi) is 4.17. The van der Waals surface area contributed by atoms with Gasteiger partial charge in [0.15, 0.2) is 11.5 Å². The third-order valence-electron chi connectivity index (χ3n) is 4.58. The van der Waals surface area contributed by atoms with Gasteiger partial charge in [-0.25, -0.2) is 9.67 Å². The van der Waals surface area contributed by atoms with Gasteiger partial charge in [-0.2, -0.15) is 5.10 Å². The van der Waals surface area contributed by atoms with Crippen LogP contribution in [0.1, 0.15) is 59.0 Å². The molecule has 3 aromatic rings. The molecule has 0 radical (unpaired) electrons. The van der Waals surface area contributed by atoms with E-state index in [1.165, 1.54) is 6.33 Å². The summed E-state index contributed by atoms with van der Waals surface area (Å²) in [6.45, 7) is 2.01. The number of carbonyl (C=O) groups is 1. The highest BCUT2D eigenvalue weighted by Gasteiger charge is 2.33. The Balaban J connectivity index is 1.78. The van der Waals surface area contributed by atoms with Gasteiger partial charge in [0.1, 0.15) is 12.7 Å². The molecular formula is C18H18N4O2S. The molecule has 1 saturated carbocycles. The quantitative estimate of drug-likeness (QED) is 0.496. The molecule has 0 saturated heterocycles. The summed E-state index contributed by atoms with van der Waals surface area (Å²) in [6, 6.07) is 5.81. The molecule has 0 amide bonds. The number of hydrogen-bond donors (Lipinski definition) is 0. The minimum atomic E-state index is -0.0993. The van der Waals surface area contributed by atoms with E-state index in [1.54, 1.807) is 29.0 Å². The van der Waals surface area contributed by atoms with Crippen molar-refractivity contribution >= 4 is 17.5 Å². The Labute approximate surface area is 149 Å². The third kappa shape index (κ3) is 3.00. The van der Waals surface area contributed by atoms with E-state index in [0.29, 0.717) is 17.0 Å². The normalized spacial score (nSPS) is 15.3. The minimum Gasteiger partial charge on any atom is -0.360 e. The van der Waals surface area contributed by atoms with Crippen molar-refractivity contribution in [2.45, 2.75) is 36.6 Å². The minimum absolute atomic E-state index is 0.0437. The number of rotatable bonds is 6. The zero-order valence-electron chi connectivity index (χ0n) is 14.0. The first kappa shape index (κ1) is 16.1. The second kappa shape index (κ2) is 6.48. The molecule has 2 heterocycles. The highest BCUT2D eigenvalue weighted by molar-refractivity contribution is 7.98. The summed E-state index contributed by atoms with van der Waals surface area (Å²) in [4.78, 5) is 18.3. The molecule has 0 bridgehead atoms. The van der Waals surface area contributed by atoms with E-state index >= 15 is 0 Å². The molecule has 1 unspecified atom stereocenters. The first-order chi connectivity index (χ1) is 12.2. The van der Waals surface area contributed by atoms with Crippen LogP contribution in [-0.2, 0) is 0 Å². The van der Waals surface area contributed by atoms with E-state index in [9.17, 15) is 4.79 Å². The number of thioether (sulfide) groups is 1. The topological polar surface area (TPSA) is 73.8 Å². The first-order valence-electron chi connectivity index (χ1n) is 8.20. The molecule has 1 atom stereocenters. The van der Waals surface area contributed by atoms with Gasteiger partial charge in [-0.1, -0.05) is 5.16 Å². The van der Waals surface area contributed by atoms with Gasteiger partial charge in [0.25, 0.3) is 0 Å². The monoisotopic (exact) mass is 354 g/mol. The van der Waals surface area contributed by atoms with Crippen LogP contribution >= 0.6 is 11.8 Å². The summed E-state index contributed by atoms with van der Waals surface area (Å²) in [5.74, 6) is 1.01. The van der Waals surface area contributed by atoms with Crippen LogP contribution in [0.25, 0.3) is 0 Å². The van der Waals surface area contributed by atoms with Crippen molar-refractivity contribution in [1.29, 1.82) is 0 Å². The van der Waals surface area contributed by atoms with Gasteiger partial charge in [0, 0.05) is 16.4 Å². The predicted molar refractivity (Wildman–Crippen MR) is 94.0 cm³/mol. The van der Waals surface area contributed by atoms with E-state index < -0.39 is 0 Å². The van der Waals surface area contributed by atoms with Crippen LogP contribution in [0, 0.1) is 0 Å². The fraction of sp³-hybridized carbons (Fsp3) is 0.333. The van der Waals surface area contributed by atoms with Crippen molar-refractivity contribution in [1.82, 2.24) is 19.9 Å². The SMILES string of the molecule is CSc1ccc(C(=O)c2cnoc2C2CC2)c(C(C)n2cncn2)c1. The lowest BCUT2D eigenvalue weighted by atomic mass is 9.94. The van der Waals surface area contributed by atoms with Crippen molar-refractivity contribution in [2.75, 3.05) is 6.26 Å². The summed E-state index contributed by atoms with van der Waals surface area (Å²) >= 11 is 1.65. The Morgan fingerprint density at radius 3 is 2.88 bits per heavy atom. The Morgan fingerprint density at radius 2 is 2.20 bits per heavy atom. The van der Waals surface area contributed by atoms with Crippen molar-refractivity contribution in [3.05, 3.63) is 59.5 Å². The fourth-order valence-corrected chi connectivity index (χ4v) is 3.43. The number of ketones is 1. The number of aromatic nitrogens is 4. The summed E-state index contributed by atoms with van der Waals surface area (Å²) in [6.07, 6.45) is 8.85. The van der Waals surface area contributed by atoms with E-state index in [0.717, 1.165) is 29.1 Å². The maximum Gasteiger partial charge on any atom is 0.198 e. The Morgan fingerprint density at radius 1 is 1.36 bits per heavy atom. The van der Waals surface area contributed by atoms with E-state index in [4.69, 9.17) is 4.52 Å². The second-order valence-corrected chi connectivity index (χ2v) is 7.09. The number of benzene rings is 1. The molecule has 1 aromatic carbocycles. The van der Waals surface area contributed by atoms with Crippen LogP contribution in [0.15, 0.2) is 46.5 Å².